The number of benzene rings is 2. The van der Waals surface area contributed by atoms with E-state index in [1.807, 2.05) is 18.2 Å². The van der Waals surface area contributed by atoms with Gasteiger partial charge in [0.1, 0.15) is 6.04 Å². The van der Waals surface area contributed by atoms with Crippen LogP contribution in [0, 0.1) is 0 Å². The molecule has 2 aromatic carbocycles. The number of fused-ring (bicyclic) bond motifs is 2. The number of hydrogen-bond donors (Lipinski definition) is 4. The molecule has 0 saturated carbocycles. The first-order chi connectivity index (χ1) is 15.9. The Morgan fingerprint density at radius 3 is 2.36 bits per heavy atom. The van der Waals surface area contributed by atoms with Gasteiger partial charge in [0.2, 0.25) is 5.91 Å². The molecule has 0 fully saturated rings. The third-order valence-electron chi connectivity index (χ3n) is 5.91. The molecule has 4 N–H and O–H groups in total. The SMILES string of the molecule is O=C(CCCCc1ccc2[nH]cc(C[C@@H](C(=O)O)N3C(=O)c4ccccc4C3=O)c2c1)NO. The van der Waals surface area contributed by atoms with Crippen molar-refractivity contribution in [2.75, 3.05) is 0 Å². The molecule has 3 amide bonds. The van der Waals surface area contributed by atoms with Crippen molar-refractivity contribution in [3.05, 3.63) is 70.9 Å². The summed E-state index contributed by atoms with van der Waals surface area (Å²) in [4.78, 5) is 52.8. The average Bonchev–Trinajstić information content (AvgIpc) is 3.33. The minimum atomic E-state index is -1.34. The van der Waals surface area contributed by atoms with Gasteiger partial charge in [-0.1, -0.05) is 18.2 Å². The number of nitrogens with zero attached hydrogens (tertiary/aromatic N) is 1. The molecule has 1 atom stereocenters. The van der Waals surface area contributed by atoms with Gasteiger partial charge in [0.25, 0.3) is 11.8 Å². The predicted molar refractivity (Wildman–Crippen MR) is 118 cm³/mol. The number of carbonyl (C=O) groups excluding carboxylic acids is 3. The zero-order chi connectivity index (χ0) is 23.5. The van der Waals surface area contributed by atoms with E-state index in [-0.39, 0.29) is 24.0 Å². The van der Waals surface area contributed by atoms with Gasteiger partial charge in [-0.05, 0) is 54.7 Å². The van der Waals surface area contributed by atoms with Crippen molar-refractivity contribution in [2.45, 2.75) is 38.1 Å². The van der Waals surface area contributed by atoms with Crippen LogP contribution in [0.4, 0.5) is 0 Å². The van der Waals surface area contributed by atoms with Crippen molar-refractivity contribution in [3.63, 3.8) is 0 Å². The van der Waals surface area contributed by atoms with Crippen LogP contribution in [0.5, 0.6) is 0 Å². The number of aromatic nitrogens is 1. The first kappa shape index (κ1) is 22.2. The van der Waals surface area contributed by atoms with Crippen molar-refractivity contribution < 1.29 is 29.5 Å². The summed E-state index contributed by atoms with van der Waals surface area (Å²) in [6.45, 7) is 0. The number of aryl methyl sites for hydroxylation is 1. The first-order valence-corrected chi connectivity index (χ1v) is 10.6. The third-order valence-corrected chi connectivity index (χ3v) is 5.91. The minimum absolute atomic E-state index is 0.0269. The van der Waals surface area contributed by atoms with Crippen LogP contribution in [-0.4, -0.2) is 49.9 Å². The third kappa shape index (κ3) is 4.35. The molecule has 1 aliphatic heterocycles. The van der Waals surface area contributed by atoms with Crippen LogP contribution in [0.3, 0.4) is 0 Å². The second-order valence-electron chi connectivity index (χ2n) is 8.02. The Hall–Kier alpha value is -3.98. The minimum Gasteiger partial charge on any atom is -0.480 e. The Kier molecular flexibility index (Phi) is 6.23. The molecule has 1 aliphatic rings. The Balaban J connectivity index is 1.54. The number of carboxylic acids is 1. The van der Waals surface area contributed by atoms with Crippen LogP contribution in [-0.2, 0) is 22.4 Å². The number of aromatic amines is 1. The molecule has 9 nitrogen and oxygen atoms in total. The summed E-state index contributed by atoms with van der Waals surface area (Å²) in [5.41, 5.74) is 4.56. The number of H-pyrrole nitrogens is 1. The van der Waals surface area contributed by atoms with Crippen molar-refractivity contribution in [2.24, 2.45) is 0 Å². The summed E-state index contributed by atoms with van der Waals surface area (Å²) in [5.74, 6) is -2.88. The fourth-order valence-electron chi connectivity index (χ4n) is 4.21. The average molecular weight is 449 g/mol. The van der Waals surface area contributed by atoms with Crippen LogP contribution >= 0.6 is 0 Å². The second-order valence-corrected chi connectivity index (χ2v) is 8.02. The zero-order valence-corrected chi connectivity index (χ0v) is 17.7. The predicted octanol–water partition coefficient (Wildman–Crippen LogP) is 2.68. The molecule has 0 aliphatic carbocycles. The van der Waals surface area contributed by atoms with Crippen molar-refractivity contribution >= 4 is 34.6 Å². The molecule has 3 aromatic rings. The smallest absolute Gasteiger partial charge is 0.327 e. The van der Waals surface area contributed by atoms with E-state index in [9.17, 15) is 24.3 Å². The van der Waals surface area contributed by atoms with Gasteiger partial charge in [-0.2, -0.15) is 0 Å². The van der Waals surface area contributed by atoms with Crippen LogP contribution in [0.1, 0.15) is 51.1 Å². The topological polar surface area (TPSA) is 140 Å². The molecule has 4 rings (SSSR count). The van der Waals surface area contributed by atoms with Gasteiger partial charge in [-0.3, -0.25) is 24.5 Å². The van der Waals surface area contributed by atoms with Crippen LogP contribution in [0.2, 0.25) is 0 Å². The zero-order valence-electron chi connectivity index (χ0n) is 17.7. The molecule has 2 heterocycles. The fourth-order valence-corrected chi connectivity index (χ4v) is 4.21. The van der Waals surface area contributed by atoms with Gasteiger partial charge in [-0.25, -0.2) is 10.3 Å². The highest BCUT2D eigenvalue weighted by Gasteiger charge is 2.42. The Morgan fingerprint density at radius 1 is 1.03 bits per heavy atom. The number of carbonyl (C=O) groups is 4. The number of aliphatic carboxylic acids is 1. The van der Waals surface area contributed by atoms with Crippen LogP contribution < -0.4 is 5.48 Å². The highest BCUT2D eigenvalue weighted by molar-refractivity contribution is 6.22. The Morgan fingerprint density at radius 2 is 1.73 bits per heavy atom. The molecule has 170 valence electrons. The lowest BCUT2D eigenvalue weighted by Crippen LogP contribution is -2.46. The van der Waals surface area contributed by atoms with Gasteiger partial charge < -0.3 is 10.1 Å². The summed E-state index contributed by atoms with van der Waals surface area (Å²) in [7, 11) is 0. The van der Waals surface area contributed by atoms with E-state index in [0.717, 1.165) is 27.8 Å². The van der Waals surface area contributed by atoms with Gasteiger partial charge in [-0.15, -0.1) is 0 Å². The lowest BCUT2D eigenvalue weighted by atomic mass is 10.00. The Labute approximate surface area is 189 Å². The maximum atomic E-state index is 12.8. The molecular formula is C24H23N3O6. The van der Waals surface area contributed by atoms with Crippen molar-refractivity contribution in [1.82, 2.24) is 15.4 Å². The number of hydrogen-bond acceptors (Lipinski definition) is 5. The standard InChI is InChI=1S/C24H23N3O6/c28-21(26-33)8-4-1-5-14-9-10-19-18(11-14)15(13-25-19)12-20(24(31)32)27-22(29)16-6-2-3-7-17(16)23(27)30/h2-3,6-7,9-11,13,20,25,33H,1,4-5,8,12H2,(H,26,28)(H,31,32)/t20-/m0/s1. The number of unbranched alkanes of at least 4 members (excludes halogenated alkanes) is 1. The van der Waals surface area contributed by atoms with E-state index in [2.05, 4.69) is 4.98 Å². The number of imide groups is 1. The van der Waals surface area contributed by atoms with E-state index >= 15 is 0 Å². The highest BCUT2D eigenvalue weighted by Crippen LogP contribution is 2.28. The van der Waals surface area contributed by atoms with Crippen LogP contribution in [0.15, 0.2) is 48.7 Å². The van der Waals surface area contributed by atoms with Gasteiger partial charge in [0.05, 0.1) is 11.1 Å². The molecular weight excluding hydrogens is 426 g/mol. The summed E-state index contributed by atoms with van der Waals surface area (Å²) in [6, 6.07) is 10.8. The number of amides is 3. The van der Waals surface area contributed by atoms with Crippen LogP contribution in [0.25, 0.3) is 10.9 Å². The number of nitrogens with one attached hydrogen (secondary N) is 2. The maximum Gasteiger partial charge on any atom is 0.327 e. The molecule has 0 bridgehead atoms. The molecule has 33 heavy (non-hydrogen) atoms. The van der Waals surface area contributed by atoms with E-state index in [4.69, 9.17) is 5.21 Å². The van der Waals surface area contributed by atoms with Crippen molar-refractivity contribution in [1.29, 1.82) is 0 Å². The molecule has 9 heteroatoms. The molecule has 0 spiro atoms. The molecule has 0 saturated heterocycles. The lowest BCUT2D eigenvalue weighted by Gasteiger charge is -2.22. The van der Waals surface area contributed by atoms with Gasteiger partial charge >= 0.3 is 5.97 Å². The summed E-state index contributed by atoms with van der Waals surface area (Å²) in [5, 5.41) is 19.3. The summed E-state index contributed by atoms with van der Waals surface area (Å²) >= 11 is 0. The number of hydroxylamine groups is 1. The maximum absolute atomic E-state index is 12.8. The molecule has 1 aromatic heterocycles. The molecule has 0 radical (unpaired) electrons. The van der Waals surface area contributed by atoms with E-state index in [0.29, 0.717) is 18.4 Å². The number of carboxylic acid groups (broad SMARTS) is 1. The normalized spacial score (nSPS) is 13.9. The fraction of sp³-hybridized carbons (Fsp3) is 0.250. The van der Waals surface area contributed by atoms with Crippen molar-refractivity contribution in [3.8, 4) is 0 Å². The first-order valence-electron chi connectivity index (χ1n) is 10.6. The quantitative estimate of drug-likeness (QED) is 0.171. The summed E-state index contributed by atoms with van der Waals surface area (Å²) in [6.07, 6.45) is 3.97. The van der Waals surface area contributed by atoms with E-state index in [1.54, 1.807) is 23.8 Å². The lowest BCUT2D eigenvalue weighted by molar-refractivity contribution is -0.141. The van der Waals surface area contributed by atoms with E-state index < -0.39 is 29.7 Å². The second kappa shape index (κ2) is 9.25. The van der Waals surface area contributed by atoms with Gasteiger partial charge in [0.15, 0.2) is 0 Å². The monoisotopic (exact) mass is 449 g/mol. The Bertz CT molecular complexity index is 1210. The highest BCUT2D eigenvalue weighted by atomic mass is 16.5. The largest absolute Gasteiger partial charge is 0.480 e. The summed E-state index contributed by atoms with van der Waals surface area (Å²) < 4.78 is 0. The number of rotatable bonds is 9. The van der Waals surface area contributed by atoms with E-state index in [1.165, 1.54) is 12.1 Å². The van der Waals surface area contributed by atoms with Gasteiger partial charge in [0, 0.05) is 29.9 Å². The molecule has 0 unspecified atom stereocenters.